The van der Waals surface area contributed by atoms with Gasteiger partial charge in [-0.05, 0) is 64.1 Å². The summed E-state index contributed by atoms with van der Waals surface area (Å²) in [5.41, 5.74) is 10.6. The van der Waals surface area contributed by atoms with Gasteiger partial charge < -0.3 is 0 Å². The summed E-state index contributed by atoms with van der Waals surface area (Å²) in [6.07, 6.45) is 0. The lowest BCUT2D eigenvalue weighted by Crippen LogP contribution is -2.29. The summed E-state index contributed by atoms with van der Waals surface area (Å²) in [5.74, 6) is 0.0484. The monoisotopic (exact) mass is 500 g/mol. The number of hydrogen-bond donors (Lipinski definition) is 0. The third-order valence-corrected chi connectivity index (χ3v) is 8.31. The van der Waals surface area contributed by atoms with Crippen LogP contribution in [0.5, 0.6) is 0 Å². The van der Waals surface area contributed by atoms with E-state index in [1.54, 1.807) is 0 Å². The van der Waals surface area contributed by atoms with Crippen molar-refractivity contribution >= 4 is 16.6 Å². The highest BCUT2D eigenvalue weighted by Crippen LogP contribution is 2.56. The van der Waals surface area contributed by atoms with E-state index in [0.29, 0.717) is 5.56 Å². The molecule has 1 aliphatic carbocycles. The number of aryl methyl sites for hydroxylation is 2. The van der Waals surface area contributed by atoms with Crippen LogP contribution in [0.1, 0.15) is 49.3 Å². The molecule has 0 spiro atoms. The predicted molar refractivity (Wildman–Crippen MR) is 161 cm³/mol. The van der Waals surface area contributed by atoms with Gasteiger partial charge >= 0.3 is 0 Å². The van der Waals surface area contributed by atoms with Crippen molar-refractivity contribution in [2.75, 3.05) is 0 Å². The molecule has 6 aromatic carbocycles. The first-order chi connectivity index (χ1) is 19.1. The maximum Gasteiger partial charge on any atom is 0.193 e. The number of ketones is 1. The molecular weight excluding hydrogens is 472 g/mol. The van der Waals surface area contributed by atoms with Crippen molar-refractivity contribution in [3.8, 4) is 11.1 Å². The van der Waals surface area contributed by atoms with Crippen LogP contribution >= 0.6 is 0 Å². The van der Waals surface area contributed by atoms with Gasteiger partial charge in [0.05, 0.1) is 5.41 Å². The number of benzene rings is 6. The summed E-state index contributed by atoms with van der Waals surface area (Å²) in [7, 11) is 0. The summed E-state index contributed by atoms with van der Waals surface area (Å²) in [5, 5.41) is 2.06. The van der Waals surface area contributed by atoms with E-state index in [9.17, 15) is 4.79 Å². The standard InChI is InChI=1S/C38H28O/c1-25-14-19-29(20-15-25)38(30-21-16-26(2)17-22-30)35-13-6-5-11-32(35)33-23-18-28(24-36(33)38)37(39)34-12-7-9-27-8-3-4-10-31(27)34/h3-24H,1-2H3. The molecule has 0 amide bonds. The van der Waals surface area contributed by atoms with Crippen molar-refractivity contribution in [3.05, 3.63) is 178 Å². The van der Waals surface area contributed by atoms with Crippen LogP contribution in [-0.4, -0.2) is 5.78 Å². The molecule has 6 aromatic rings. The molecule has 0 N–H and O–H groups in total. The summed E-state index contributed by atoms with van der Waals surface area (Å²) >= 11 is 0. The van der Waals surface area contributed by atoms with Crippen LogP contribution in [0.25, 0.3) is 21.9 Å². The Morgan fingerprint density at radius 3 is 1.85 bits per heavy atom. The van der Waals surface area contributed by atoms with Crippen molar-refractivity contribution in [1.29, 1.82) is 0 Å². The smallest absolute Gasteiger partial charge is 0.193 e. The topological polar surface area (TPSA) is 17.1 Å². The molecule has 0 aliphatic heterocycles. The van der Waals surface area contributed by atoms with Crippen LogP contribution in [0.4, 0.5) is 0 Å². The Kier molecular flexibility index (Phi) is 5.35. The molecule has 7 rings (SSSR count). The van der Waals surface area contributed by atoms with Crippen LogP contribution in [0, 0.1) is 13.8 Å². The normalized spacial score (nSPS) is 13.2. The number of rotatable bonds is 4. The zero-order chi connectivity index (χ0) is 26.6. The van der Waals surface area contributed by atoms with Gasteiger partial charge in [0.2, 0.25) is 0 Å². The van der Waals surface area contributed by atoms with E-state index in [1.165, 1.54) is 38.9 Å². The van der Waals surface area contributed by atoms with Crippen LogP contribution < -0.4 is 0 Å². The van der Waals surface area contributed by atoms with Gasteiger partial charge in [-0.15, -0.1) is 0 Å². The fraction of sp³-hybridized carbons (Fsp3) is 0.0789. The summed E-state index contributed by atoms with van der Waals surface area (Å²) in [4.78, 5) is 14.1. The van der Waals surface area contributed by atoms with Gasteiger partial charge in [0, 0.05) is 11.1 Å². The molecule has 39 heavy (non-hydrogen) atoms. The highest BCUT2D eigenvalue weighted by molar-refractivity contribution is 6.16. The lowest BCUT2D eigenvalue weighted by molar-refractivity contribution is 0.104. The van der Waals surface area contributed by atoms with Crippen molar-refractivity contribution in [2.45, 2.75) is 19.3 Å². The molecule has 0 aromatic heterocycles. The summed E-state index contributed by atoms with van der Waals surface area (Å²) < 4.78 is 0. The van der Waals surface area contributed by atoms with Crippen LogP contribution in [0.15, 0.2) is 133 Å². The molecule has 0 radical (unpaired) electrons. The lowest BCUT2D eigenvalue weighted by Gasteiger charge is -2.34. The van der Waals surface area contributed by atoms with Crippen molar-refractivity contribution < 1.29 is 4.79 Å². The molecule has 0 heterocycles. The summed E-state index contributed by atoms with van der Waals surface area (Å²) in [6.45, 7) is 4.25. The minimum absolute atomic E-state index is 0.0484. The highest BCUT2D eigenvalue weighted by Gasteiger charge is 2.46. The Labute approximate surface area is 229 Å². The van der Waals surface area contributed by atoms with Gasteiger partial charge in [-0.3, -0.25) is 4.79 Å². The Balaban J connectivity index is 1.52. The average molecular weight is 501 g/mol. The van der Waals surface area contributed by atoms with E-state index in [0.717, 1.165) is 21.9 Å². The van der Waals surface area contributed by atoms with E-state index >= 15 is 0 Å². The molecule has 186 valence electrons. The van der Waals surface area contributed by atoms with Gasteiger partial charge in [0.15, 0.2) is 5.78 Å². The second-order valence-corrected chi connectivity index (χ2v) is 10.6. The average Bonchev–Trinajstić information content (AvgIpc) is 3.28. The molecule has 0 bridgehead atoms. The minimum Gasteiger partial charge on any atom is -0.289 e. The number of fused-ring (bicyclic) bond motifs is 4. The Hall–Kier alpha value is -4.75. The van der Waals surface area contributed by atoms with Gasteiger partial charge in [0.25, 0.3) is 0 Å². The van der Waals surface area contributed by atoms with Crippen LogP contribution in [-0.2, 0) is 5.41 Å². The predicted octanol–water partition coefficient (Wildman–Crippen LogP) is 9.05. The summed E-state index contributed by atoms with van der Waals surface area (Å²) in [6, 6.07) is 46.9. The SMILES string of the molecule is Cc1ccc(C2(c3ccc(C)cc3)c3ccccc3-c3ccc(C(=O)c4cccc5ccccc45)cc32)cc1. The third-order valence-electron chi connectivity index (χ3n) is 8.31. The van der Waals surface area contributed by atoms with Crippen molar-refractivity contribution in [3.63, 3.8) is 0 Å². The van der Waals surface area contributed by atoms with E-state index in [4.69, 9.17) is 0 Å². The highest BCUT2D eigenvalue weighted by atomic mass is 16.1. The van der Waals surface area contributed by atoms with Crippen molar-refractivity contribution in [2.24, 2.45) is 0 Å². The maximum atomic E-state index is 14.1. The van der Waals surface area contributed by atoms with Gasteiger partial charge in [0.1, 0.15) is 0 Å². The third kappa shape index (κ3) is 3.51. The van der Waals surface area contributed by atoms with E-state index in [-0.39, 0.29) is 5.78 Å². The quantitative estimate of drug-likeness (QED) is 0.220. The van der Waals surface area contributed by atoms with E-state index in [1.807, 2.05) is 36.4 Å². The van der Waals surface area contributed by atoms with Crippen LogP contribution in [0.3, 0.4) is 0 Å². The second-order valence-electron chi connectivity index (χ2n) is 10.6. The molecule has 0 unspecified atom stereocenters. The van der Waals surface area contributed by atoms with Gasteiger partial charge in [-0.2, -0.15) is 0 Å². The first-order valence-corrected chi connectivity index (χ1v) is 13.5. The molecular formula is C38H28O. The molecule has 0 saturated carbocycles. The molecule has 0 saturated heterocycles. The van der Waals surface area contributed by atoms with Crippen molar-refractivity contribution in [1.82, 2.24) is 0 Å². The molecule has 0 atom stereocenters. The van der Waals surface area contributed by atoms with E-state index in [2.05, 4.69) is 111 Å². The van der Waals surface area contributed by atoms with E-state index < -0.39 is 5.41 Å². The van der Waals surface area contributed by atoms with Gasteiger partial charge in [-0.1, -0.05) is 139 Å². The number of carbonyl (C=O) groups is 1. The maximum absolute atomic E-state index is 14.1. The second kappa shape index (κ2) is 8.92. The molecule has 0 fully saturated rings. The number of hydrogen-bond acceptors (Lipinski definition) is 1. The minimum atomic E-state index is -0.525. The molecule has 1 heteroatoms. The van der Waals surface area contributed by atoms with Gasteiger partial charge in [-0.25, -0.2) is 0 Å². The Morgan fingerprint density at radius 1 is 0.538 bits per heavy atom. The first-order valence-electron chi connectivity index (χ1n) is 13.5. The first kappa shape index (κ1) is 23.4. The largest absolute Gasteiger partial charge is 0.289 e. The molecule has 1 aliphatic rings. The Morgan fingerprint density at radius 2 is 1.13 bits per heavy atom. The Bertz CT molecular complexity index is 1820. The van der Waals surface area contributed by atoms with Crippen LogP contribution in [0.2, 0.25) is 0 Å². The zero-order valence-electron chi connectivity index (χ0n) is 22.1. The zero-order valence-corrected chi connectivity index (χ0v) is 22.1. The molecule has 1 nitrogen and oxygen atoms in total. The fourth-order valence-electron chi connectivity index (χ4n) is 6.40. The number of carbonyl (C=O) groups excluding carboxylic acids is 1. The lowest BCUT2D eigenvalue weighted by atomic mass is 9.67. The fourth-order valence-corrected chi connectivity index (χ4v) is 6.40.